The Balaban J connectivity index is 2.66. The van der Waals surface area contributed by atoms with Gasteiger partial charge in [0.25, 0.3) is 0 Å². The summed E-state index contributed by atoms with van der Waals surface area (Å²) in [6, 6.07) is 0. The number of methoxy groups -OCH3 is 1. The zero-order valence-corrected chi connectivity index (χ0v) is 10.3. The first-order valence-electron chi connectivity index (χ1n) is 5.19. The van der Waals surface area contributed by atoms with Gasteiger partial charge in [0.05, 0.1) is 13.0 Å². The van der Waals surface area contributed by atoms with Crippen LogP contribution in [0.15, 0.2) is 0 Å². The summed E-state index contributed by atoms with van der Waals surface area (Å²) < 4.78 is 4.81. The molecular weight excluding hydrogens is 196 g/mol. The van der Waals surface area contributed by atoms with Gasteiger partial charge >= 0.3 is 5.97 Å². The van der Waals surface area contributed by atoms with Crippen molar-refractivity contribution in [3.63, 3.8) is 0 Å². The first kappa shape index (κ1) is 11.9. The van der Waals surface area contributed by atoms with E-state index in [9.17, 15) is 4.79 Å². The van der Waals surface area contributed by atoms with Crippen molar-refractivity contribution < 1.29 is 9.53 Å². The lowest BCUT2D eigenvalue weighted by molar-refractivity contribution is -0.148. The normalized spacial score (nSPS) is 24.7. The summed E-state index contributed by atoms with van der Waals surface area (Å²) >= 11 is 2.00. The summed E-state index contributed by atoms with van der Waals surface area (Å²) in [5.74, 6) is 1.15. The molecular formula is C11H20O2S. The molecule has 0 aromatic carbocycles. The van der Waals surface area contributed by atoms with Crippen molar-refractivity contribution in [1.82, 2.24) is 0 Å². The summed E-state index contributed by atoms with van der Waals surface area (Å²) in [6.45, 7) is 6.33. The van der Waals surface area contributed by atoms with Gasteiger partial charge in [-0.2, -0.15) is 11.8 Å². The largest absolute Gasteiger partial charge is 0.469 e. The first-order chi connectivity index (χ1) is 6.50. The minimum atomic E-state index is -0.0810. The Morgan fingerprint density at radius 1 is 1.57 bits per heavy atom. The summed E-state index contributed by atoms with van der Waals surface area (Å²) in [5, 5.41) is 0.608. The minimum absolute atomic E-state index is 0.0110. The third-order valence-corrected chi connectivity index (χ3v) is 5.20. The average molecular weight is 216 g/mol. The maximum Gasteiger partial charge on any atom is 0.308 e. The summed E-state index contributed by atoms with van der Waals surface area (Å²) in [4.78, 5) is 11.5. The number of hydrogen-bond acceptors (Lipinski definition) is 3. The van der Waals surface area contributed by atoms with Gasteiger partial charge in [-0.3, -0.25) is 4.79 Å². The lowest BCUT2D eigenvalue weighted by Gasteiger charge is -2.35. The van der Waals surface area contributed by atoms with Gasteiger partial charge in [-0.1, -0.05) is 20.8 Å². The van der Waals surface area contributed by atoms with Crippen LogP contribution in [0.1, 0.15) is 33.6 Å². The van der Waals surface area contributed by atoms with Crippen LogP contribution in [-0.4, -0.2) is 24.1 Å². The molecule has 1 aliphatic heterocycles. The van der Waals surface area contributed by atoms with Crippen molar-refractivity contribution >= 4 is 17.7 Å². The van der Waals surface area contributed by atoms with Crippen LogP contribution in [0.3, 0.4) is 0 Å². The molecule has 0 spiro atoms. The SMILES string of the molecule is COC(=O)C(C)C(C)(C)C1CCCS1. The second kappa shape index (κ2) is 4.56. The maximum atomic E-state index is 11.5. The lowest BCUT2D eigenvalue weighted by atomic mass is 9.76. The number of ether oxygens (including phenoxy) is 1. The number of carbonyl (C=O) groups is 1. The Morgan fingerprint density at radius 2 is 2.21 bits per heavy atom. The molecule has 1 heterocycles. The first-order valence-corrected chi connectivity index (χ1v) is 6.24. The molecule has 82 valence electrons. The van der Waals surface area contributed by atoms with Gasteiger partial charge in [0.15, 0.2) is 0 Å². The van der Waals surface area contributed by atoms with Crippen LogP contribution < -0.4 is 0 Å². The van der Waals surface area contributed by atoms with E-state index >= 15 is 0 Å². The predicted molar refractivity (Wildman–Crippen MR) is 60.4 cm³/mol. The van der Waals surface area contributed by atoms with Gasteiger partial charge in [0, 0.05) is 5.25 Å². The van der Waals surface area contributed by atoms with E-state index in [4.69, 9.17) is 4.74 Å². The Hall–Kier alpha value is -0.180. The molecule has 1 fully saturated rings. The van der Waals surface area contributed by atoms with Gasteiger partial charge < -0.3 is 4.74 Å². The Labute approximate surface area is 90.8 Å². The highest BCUT2D eigenvalue weighted by atomic mass is 32.2. The fraction of sp³-hybridized carbons (Fsp3) is 0.909. The average Bonchev–Trinajstić information content (AvgIpc) is 2.68. The molecule has 2 unspecified atom stereocenters. The van der Waals surface area contributed by atoms with Crippen LogP contribution >= 0.6 is 11.8 Å². The monoisotopic (exact) mass is 216 g/mol. The molecule has 1 rings (SSSR count). The molecule has 0 amide bonds. The highest BCUT2D eigenvalue weighted by Gasteiger charge is 2.40. The molecule has 0 saturated carbocycles. The summed E-state index contributed by atoms with van der Waals surface area (Å²) in [6.07, 6.45) is 2.52. The van der Waals surface area contributed by atoms with E-state index in [2.05, 4.69) is 13.8 Å². The molecule has 1 saturated heterocycles. The maximum absolute atomic E-state index is 11.5. The number of hydrogen-bond donors (Lipinski definition) is 0. The molecule has 2 nitrogen and oxygen atoms in total. The van der Waals surface area contributed by atoms with E-state index < -0.39 is 0 Å². The van der Waals surface area contributed by atoms with Gasteiger partial charge in [-0.25, -0.2) is 0 Å². The van der Waals surface area contributed by atoms with Crippen molar-refractivity contribution in [2.45, 2.75) is 38.9 Å². The quantitative estimate of drug-likeness (QED) is 0.679. The topological polar surface area (TPSA) is 26.3 Å². The van der Waals surface area contributed by atoms with Crippen LogP contribution in [0.25, 0.3) is 0 Å². The van der Waals surface area contributed by atoms with E-state index in [1.54, 1.807) is 0 Å². The smallest absolute Gasteiger partial charge is 0.308 e. The van der Waals surface area contributed by atoms with Crippen LogP contribution in [0.2, 0.25) is 0 Å². The Bertz CT molecular complexity index is 207. The molecule has 2 atom stereocenters. The van der Waals surface area contributed by atoms with Crippen molar-refractivity contribution in [2.24, 2.45) is 11.3 Å². The van der Waals surface area contributed by atoms with Gasteiger partial charge in [0.2, 0.25) is 0 Å². The third-order valence-electron chi connectivity index (χ3n) is 3.43. The minimum Gasteiger partial charge on any atom is -0.469 e. The van der Waals surface area contributed by atoms with E-state index in [0.29, 0.717) is 5.25 Å². The second-order valence-electron chi connectivity index (χ2n) is 4.57. The number of esters is 1. The van der Waals surface area contributed by atoms with Crippen LogP contribution in [0.5, 0.6) is 0 Å². The fourth-order valence-corrected chi connectivity index (χ4v) is 3.51. The predicted octanol–water partition coefficient (Wildman–Crippen LogP) is 2.72. The zero-order chi connectivity index (χ0) is 10.8. The highest BCUT2D eigenvalue weighted by Crippen LogP contribution is 2.44. The molecule has 1 aliphatic rings. The van der Waals surface area contributed by atoms with Crippen LogP contribution in [-0.2, 0) is 9.53 Å². The molecule has 0 radical (unpaired) electrons. The lowest BCUT2D eigenvalue weighted by Crippen LogP contribution is -2.37. The van der Waals surface area contributed by atoms with Crippen molar-refractivity contribution in [2.75, 3.05) is 12.9 Å². The fourth-order valence-electron chi connectivity index (χ4n) is 1.92. The van der Waals surface area contributed by atoms with E-state index in [-0.39, 0.29) is 17.3 Å². The molecule has 0 N–H and O–H groups in total. The van der Waals surface area contributed by atoms with Crippen LogP contribution in [0, 0.1) is 11.3 Å². The van der Waals surface area contributed by atoms with Crippen molar-refractivity contribution in [3.8, 4) is 0 Å². The Morgan fingerprint density at radius 3 is 2.64 bits per heavy atom. The summed E-state index contributed by atoms with van der Waals surface area (Å²) in [5.41, 5.74) is 0.0499. The van der Waals surface area contributed by atoms with Crippen molar-refractivity contribution in [3.05, 3.63) is 0 Å². The number of carbonyl (C=O) groups excluding carboxylic acids is 1. The van der Waals surface area contributed by atoms with Crippen molar-refractivity contribution in [1.29, 1.82) is 0 Å². The second-order valence-corrected chi connectivity index (χ2v) is 5.88. The molecule has 0 aromatic rings. The van der Waals surface area contributed by atoms with Gasteiger partial charge in [0.1, 0.15) is 0 Å². The third kappa shape index (κ3) is 2.25. The van der Waals surface area contributed by atoms with E-state index in [0.717, 1.165) is 0 Å². The molecule has 0 bridgehead atoms. The molecule has 0 aromatic heterocycles. The number of rotatable bonds is 3. The molecule has 14 heavy (non-hydrogen) atoms. The van der Waals surface area contributed by atoms with Crippen LogP contribution in [0.4, 0.5) is 0 Å². The Kier molecular flexibility index (Phi) is 3.87. The standard InChI is InChI=1S/C11H20O2S/c1-8(10(12)13-4)11(2,3)9-6-5-7-14-9/h8-9H,5-7H2,1-4H3. The van der Waals surface area contributed by atoms with E-state index in [1.165, 1.54) is 25.7 Å². The number of thioether (sulfide) groups is 1. The summed E-state index contributed by atoms with van der Waals surface area (Å²) in [7, 11) is 1.47. The van der Waals surface area contributed by atoms with Gasteiger partial charge in [-0.15, -0.1) is 0 Å². The molecule has 0 aliphatic carbocycles. The van der Waals surface area contributed by atoms with E-state index in [1.807, 2.05) is 18.7 Å². The van der Waals surface area contributed by atoms with Gasteiger partial charge in [-0.05, 0) is 24.0 Å². The highest BCUT2D eigenvalue weighted by molar-refractivity contribution is 8.00. The zero-order valence-electron chi connectivity index (χ0n) is 9.50. The molecule has 3 heteroatoms.